The molecule has 7 heavy (non-hydrogen) atoms. The zero-order chi connectivity index (χ0) is 5.70. The average Bonchev–Trinajstić information content (AvgIpc) is 1.61. The lowest BCUT2D eigenvalue weighted by atomic mass is 10.6. The first-order chi connectivity index (χ1) is 3.27. The summed E-state index contributed by atoms with van der Waals surface area (Å²) in [6.07, 6.45) is 1.92. The lowest BCUT2D eigenvalue weighted by molar-refractivity contribution is -0.299. The molecule has 0 aliphatic heterocycles. The predicted molar refractivity (Wildman–Crippen MR) is 22.0 cm³/mol. The number of hydrogen-bond acceptors (Lipinski definition) is 4. The molecule has 0 aromatic rings. The maximum absolute atomic E-state index is 7.91. The van der Waals surface area contributed by atoms with Gasteiger partial charge in [0, 0.05) is 0 Å². The minimum absolute atomic E-state index is 0.0350. The van der Waals surface area contributed by atoms with Crippen LogP contribution in [0.25, 0.3) is 0 Å². The Labute approximate surface area is 40.8 Å². The third-order valence-electron chi connectivity index (χ3n) is 0.374. The lowest BCUT2D eigenvalue weighted by Crippen LogP contribution is -2.12. The van der Waals surface area contributed by atoms with E-state index in [2.05, 4.69) is 0 Å². The maximum Gasteiger partial charge on any atom is 0.0766 e. The summed E-state index contributed by atoms with van der Waals surface area (Å²) in [6.45, 7) is -0.0868. The lowest BCUT2D eigenvalue weighted by Gasteiger charge is -1.97. The van der Waals surface area contributed by atoms with Crippen molar-refractivity contribution < 1.29 is 15.5 Å². The third kappa shape index (κ3) is 5.42. The molecule has 0 amide bonds. The zero-order valence-corrected chi connectivity index (χ0v) is 3.65. The van der Waals surface area contributed by atoms with E-state index < -0.39 is 0 Å². The highest BCUT2D eigenvalue weighted by Crippen LogP contribution is 1.71. The molecule has 0 unspecified atom stereocenters. The number of rotatable bonds is 2. The number of hydroxylamine groups is 2. The molecule has 0 fully saturated rings. The third-order valence-corrected chi connectivity index (χ3v) is 0.374. The van der Waals surface area contributed by atoms with Gasteiger partial charge in [-0.3, -0.25) is 10.4 Å². The first-order valence-corrected chi connectivity index (χ1v) is 1.72. The van der Waals surface area contributed by atoms with Crippen molar-refractivity contribution in [1.29, 1.82) is 0 Å². The van der Waals surface area contributed by atoms with Crippen LogP contribution < -0.4 is 0 Å². The van der Waals surface area contributed by atoms with Crippen LogP contribution >= 0.6 is 0 Å². The van der Waals surface area contributed by atoms with E-state index in [0.29, 0.717) is 0 Å². The van der Waals surface area contributed by atoms with Crippen molar-refractivity contribution in [2.75, 3.05) is 6.54 Å². The van der Waals surface area contributed by atoms with Crippen molar-refractivity contribution in [2.24, 2.45) is 0 Å². The van der Waals surface area contributed by atoms with E-state index in [0.717, 1.165) is 6.26 Å². The van der Waals surface area contributed by atoms with E-state index in [9.17, 15) is 0 Å². The minimum Gasteiger partial charge on any atom is -0.516 e. The highest BCUT2D eigenvalue weighted by molar-refractivity contribution is 4.71. The van der Waals surface area contributed by atoms with Crippen LogP contribution in [0.5, 0.6) is 0 Å². The van der Waals surface area contributed by atoms with Gasteiger partial charge >= 0.3 is 0 Å². The average molecular weight is 105 g/mol. The standard InChI is InChI=1S/C3H7NO3/c5-3-1-2-4(6)7/h1,3,5-7H,2H2. The summed E-state index contributed by atoms with van der Waals surface area (Å²) in [5, 5.41) is 23.7. The molecule has 3 N–H and O–H groups in total. The summed E-state index contributed by atoms with van der Waals surface area (Å²) in [6, 6.07) is 0. The number of hydrogen-bond donors (Lipinski definition) is 3. The fraction of sp³-hybridized carbons (Fsp3) is 0.333. The van der Waals surface area contributed by atoms with Gasteiger partial charge in [0.15, 0.2) is 0 Å². The van der Waals surface area contributed by atoms with Crippen molar-refractivity contribution in [3.63, 3.8) is 0 Å². The molecule has 0 aliphatic carbocycles. The molecule has 0 bridgehead atoms. The van der Waals surface area contributed by atoms with Crippen molar-refractivity contribution >= 4 is 0 Å². The monoisotopic (exact) mass is 105 g/mol. The Hall–Kier alpha value is -0.580. The Morgan fingerprint density at radius 3 is 2.14 bits per heavy atom. The number of aliphatic hydroxyl groups is 1. The maximum atomic E-state index is 7.91. The van der Waals surface area contributed by atoms with Gasteiger partial charge in [-0.25, -0.2) is 0 Å². The van der Waals surface area contributed by atoms with Crippen molar-refractivity contribution in [2.45, 2.75) is 0 Å². The molecule has 42 valence electrons. The van der Waals surface area contributed by atoms with Gasteiger partial charge in [-0.05, 0) is 6.08 Å². The van der Waals surface area contributed by atoms with Crippen LogP contribution in [-0.4, -0.2) is 27.3 Å². The molecule has 4 nitrogen and oxygen atoms in total. The number of nitrogens with zero attached hydrogens (tertiary/aromatic N) is 1. The van der Waals surface area contributed by atoms with Crippen molar-refractivity contribution in [3.05, 3.63) is 12.3 Å². The fourth-order valence-electron chi connectivity index (χ4n) is 0.141. The van der Waals surface area contributed by atoms with Crippen LogP contribution in [0.3, 0.4) is 0 Å². The highest BCUT2D eigenvalue weighted by Gasteiger charge is 1.82. The van der Waals surface area contributed by atoms with Gasteiger partial charge in [-0.2, -0.15) is 0 Å². The molecule has 0 saturated carbocycles. The summed E-state index contributed by atoms with van der Waals surface area (Å²) >= 11 is 0. The van der Waals surface area contributed by atoms with E-state index in [4.69, 9.17) is 15.5 Å². The Morgan fingerprint density at radius 2 is 2.00 bits per heavy atom. The SMILES string of the molecule is OC=CCN(O)O. The highest BCUT2D eigenvalue weighted by atomic mass is 16.8. The molecular weight excluding hydrogens is 98.0 g/mol. The molecule has 0 rings (SSSR count). The smallest absolute Gasteiger partial charge is 0.0766 e. The van der Waals surface area contributed by atoms with Crippen LogP contribution in [0.4, 0.5) is 0 Å². The second kappa shape index (κ2) is 3.60. The molecule has 0 radical (unpaired) electrons. The Balaban J connectivity index is 2.97. The molecular formula is C3H7NO3. The Morgan fingerprint density at radius 1 is 1.43 bits per heavy atom. The fourth-order valence-corrected chi connectivity index (χ4v) is 0.141. The van der Waals surface area contributed by atoms with Gasteiger partial charge in [-0.15, -0.1) is 0 Å². The van der Waals surface area contributed by atoms with Crippen LogP contribution in [0.1, 0.15) is 0 Å². The second-order valence-electron chi connectivity index (χ2n) is 0.940. The van der Waals surface area contributed by atoms with Gasteiger partial charge in [0.05, 0.1) is 12.8 Å². The van der Waals surface area contributed by atoms with Crippen LogP contribution in [0, 0.1) is 0 Å². The molecule has 0 aliphatic rings. The minimum atomic E-state index is -0.0868. The van der Waals surface area contributed by atoms with E-state index in [-0.39, 0.29) is 11.8 Å². The number of aliphatic hydroxyl groups excluding tert-OH is 1. The van der Waals surface area contributed by atoms with E-state index in [1.165, 1.54) is 6.08 Å². The molecule has 0 spiro atoms. The van der Waals surface area contributed by atoms with E-state index in [1.54, 1.807) is 0 Å². The second-order valence-corrected chi connectivity index (χ2v) is 0.940. The summed E-state index contributed by atoms with van der Waals surface area (Å²) < 4.78 is 0. The molecule has 4 heteroatoms. The summed E-state index contributed by atoms with van der Waals surface area (Å²) in [5.74, 6) is 0. The summed E-state index contributed by atoms with van der Waals surface area (Å²) in [4.78, 5) is 0. The summed E-state index contributed by atoms with van der Waals surface area (Å²) in [7, 11) is 0. The van der Waals surface area contributed by atoms with Crippen molar-refractivity contribution in [1.82, 2.24) is 5.23 Å². The molecule has 0 saturated heterocycles. The van der Waals surface area contributed by atoms with Gasteiger partial charge in [-0.1, -0.05) is 5.23 Å². The molecule has 0 aromatic carbocycles. The quantitative estimate of drug-likeness (QED) is 0.345. The van der Waals surface area contributed by atoms with E-state index in [1.807, 2.05) is 0 Å². The first-order valence-electron chi connectivity index (χ1n) is 1.72. The topological polar surface area (TPSA) is 63.9 Å². The Bertz CT molecular complexity index is 61.2. The molecule has 0 atom stereocenters. The van der Waals surface area contributed by atoms with Crippen molar-refractivity contribution in [3.8, 4) is 0 Å². The molecule has 0 aromatic heterocycles. The normalized spacial score (nSPS) is 11.3. The van der Waals surface area contributed by atoms with Gasteiger partial charge in [0.25, 0.3) is 0 Å². The molecule has 0 heterocycles. The van der Waals surface area contributed by atoms with Gasteiger partial charge < -0.3 is 5.11 Å². The van der Waals surface area contributed by atoms with Crippen LogP contribution in [0.15, 0.2) is 12.3 Å². The first kappa shape index (κ1) is 6.42. The van der Waals surface area contributed by atoms with Crippen LogP contribution in [0.2, 0.25) is 0 Å². The van der Waals surface area contributed by atoms with Gasteiger partial charge in [0.2, 0.25) is 0 Å². The zero-order valence-electron chi connectivity index (χ0n) is 3.65. The predicted octanol–water partition coefficient (Wildman–Crippen LogP) is 0.139. The van der Waals surface area contributed by atoms with Crippen LogP contribution in [-0.2, 0) is 0 Å². The van der Waals surface area contributed by atoms with E-state index >= 15 is 0 Å². The largest absolute Gasteiger partial charge is 0.516 e. The van der Waals surface area contributed by atoms with Gasteiger partial charge in [0.1, 0.15) is 0 Å². The Kier molecular flexibility index (Phi) is 3.31. The summed E-state index contributed by atoms with van der Waals surface area (Å²) in [5.41, 5.74) is 0.